The Morgan fingerprint density at radius 3 is 2.68 bits per heavy atom. The van der Waals surface area contributed by atoms with Crippen molar-refractivity contribution in [1.29, 1.82) is 0 Å². The zero-order valence-corrected chi connectivity index (χ0v) is 12.9. The van der Waals surface area contributed by atoms with Gasteiger partial charge in [-0.3, -0.25) is 0 Å². The standard InChI is InChI=1S/C14H19BrN4/c1-3-13-17-14(4-2)19(18-13)12-6-5-11(15)9-10(12)7-8-16/h5-6,9H,3-4,7-8,16H2,1-2H3. The molecule has 0 aliphatic heterocycles. The van der Waals surface area contributed by atoms with Gasteiger partial charge in [-0.2, -0.15) is 5.10 Å². The summed E-state index contributed by atoms with van der Waals surface area (Å²) in [6.07, 6.45) is 2.55. The van der Waals surface area contributed by atoms with E-state index in [9.17, 15) is 0 Å². The van der Waals surface area contributed by atoms with Crippen molar-refractivity contribution in [2.45, 2.75) is 33.1 Å². The summed E-state index contributed by atoms with van der Waals surface area (Å²) in [5, 5.41) is 4.59. The molecule has 5 heteroatoms. The summed E-state index contributed by atoms with van der Waals surface area (Å²) in [4.78, 5) is 4.56. The fourth-order valence-corrected chi connectivity index (χ4v) is 2.49. The number of aryl methyl sites for hydroxylation is 2. The molecule has 0 bridgehead atoms. The van der Waals surface area contributed by atoms with E-state index in [0.29, 0.717) is 6.54 Å². The number of hydrogen-bond acceptors (Lipinski definition) is 3. The maximum absolute atomic E-state index is 5.70. The molecule has 2 rings (SSSR count). The highest BCUT2D eigenvalue weighted by Crippen LogP contribution is 2.21. The molecular weight excluding hydrogens is 304 g/mol. The van der Waals surface area contributed by atoms with Crippen molar-refractivity contribution in [3.05, 3.63) is 39.9 Å². The van der Waals surface area contributed by atoms with E-state index >= 15 is 0 Å². The molecule has 2 aromatic rings. The number of nitrogens with zero attached hydrogens (tertiary/aromatic N) is 3. The predicted octanol–water partition coefficient (Wildman–Crippen LogP) is 2.66. The second kappa shape index (κ2) is 6.30. The van der Waals surface area contributed by atoms with Crippen molar-refractivity contribution in [3.63, 3.8) is 0 Å². The Bertz CT molecular complexity index is 563. The number of aromatic nitrogens is 3. The Morgan fingerprint density at radius 2 is 2.05 bits per heavy atom. The number of halogens is 1. The second-order valence-corrected chi connectivity index (χ2v) is 5.29. The summed E-state index contributed by atoms with van der Waals surface area (Å²) in [6.45, 7) is 4.79. The third-order valence-electron chi connectivity index (χ3n) is 3.03. The monoisotopic (exact) mass is 322 g/mol. The Balaban J connectivity index is 2.53. The predicted molar refractivity (Wildman–Crippen MR) is 80.6 cm³/mol. The molecule has 2 N–H and O–H groups in total. The van der Waals surface area contributed by atoms with Gasteiger partial charge < -0.3 is 5.73 Å². The average molecular weight is 323 g/mol. The summed E-state index contributed by atoms with van der Waals surface area (Å²) in [5.74, 6) is 1.89. The van der Waals surface area contributed by atoms with Crippen molar-refractivity contribution >= 4 is 15.9 Å². The van der Waals surface area contributed by atoms with Crippen LogP contribution in [0.25, 0.3) is 5.69 Å². The van der Waals surface area contributed by atoms with E-state index in [1.807, 2.05) is 10.7 Å². The van der Waals surface area contributed by atoms with Crippen LogP contribution in [0.5, 0.6) is 0 Å². The minimum absolute atomic E-state index is 0.625. The lowest BCUT2D eigenvalue weighted by atomic mass is 10.1. The van der Waals surface area contributed by atoms with Gasteiger partial charge in [-0.15, -0.1) is 0 Å². The first-order chi connectivity index (χ1) is 9.19. The summed E-state index contributed by atoms with van der Waals surface area (Å²) >= 11 is 3.51. The number of nitrogens with two attached hydrogens (primary N) is 1. The molecule has 1 heterocycles. The highest BCUT2D eigenvalue weighted by molar-refractivity contribution is 9.10. The van der Waals surface area contributed by atoms with Gasteiger partial charge in [-0.1, -0.05) is 29.8 Å². The summed E-state index contributed by atoms with van der Waals surface area (Å²) in [7, 11) is 0. The number of hydrogen-bond donors (Lipinski definition) is 1. The third kappa shape index (κ3) is 3.04. The molecule has 19 heavy (non-hydrogen) atoms. The molecule has 102 valence electrons. The van der Waals surface area contributed by atoms with E-state index in [-0.39, 0.29) is 0 Å². The van der Waals surface area contributed by atoms with E-state index in [1.54, 1.807) is 0 Å². The van der Waals surface area contributed by atoms with Gasteiger partial charge in [-0.25, -0.2) is 9.67 Å². The van der Waals surface area contributed by atoms with Crippen LogP contribution < -0.4 is 5.73 Å². The molecule has 4 nitrogen and oxygen atoms in total. The highest BCUT2D eigenvalue weighted by Gasteiger charge is 2.12. The average Bonchev–Trinajstić information content (AvgIpc) is 2.82. The number of rotatable bonds is 5. The minimum Gasteiger partial charge on any atom is -0.330 e. The van der Waals surface area contributed by atoms with Gasteiger partial charge in [0.25, 0.3) is 0 Å². The smallest absolute Gasteiger partial charge is 0.151 e. The van der Waals surface area contributed by atoms with Gasteiger partial charge in [-0.05, 0) is 36.7 Å². The lowest BCUT2D eigenvalue weighted by Gasteiger charge is -2.11. The van der Waals surface area contributed by atoms with Crippen molar-refractivity contribution in [1.82, 2.24) is 14.8 Å². The van der Waals surface area contributed by atoms with Crippen LogP contribution in [0.4, 0.5) is 0 Å². The molecule has 1 aromatic heterocycles. The second-order valence-electron chi connectivity index (χ2n) is 4.37. The van der Waals surface area contributed by atoms with Crippen molar-refractivity contribution < 1.29 is 0 Å². The molecular formula is C14H19BrN4. The molecule has 0 fully saturated rings. The van der Waals surface area contributed by atoms with Crippen LogP contribution in [0.2, 0.25) is 0 Å². The summed E-state index contributed by atoms with van der Waals surface area (Å²) in [5.41, 5.74) is 7.97. The van der Waals surface area contributed by atoms with Crippen LogP contribution in [0, 0.1) is 0 Å². The first-order valence-corrected chi connectivity index (χ1v) is 7.42. The SMILES string of the molecule is CCc1nc(CC)n(-c2ccc(Br)cc2CCN)n1. The molecule has 0 aliphatic carbocycles. The largest absolute Gasteiger partial charge is 0.330 e. The van der Waals surface area contributed by atoms with E-state index < -0.39 is 0 Å². The molecule has 0 spiro atoms. The van der Waals surface area contributed by atoms with Gasteiger partial charge in [0.05, 0.1) is 5.69 Å². The summed E-state index contributed by atoms with van der Waals surface area (Å²) < 4.78 is 3.02. The molecule has 0 amide bonds. The fraction of sp³-hybridized carbons (Fsp3) is 0.429. The number of benzene rings is 1. The quantitative estimate of drug-likeness (QED) is 0.920. The Kier molecular flexibility index (Phi) is 4.71. The fourth-order valence-electron chi connectivity index (χ4n) is 2.08. The van der Waals surface area contributed by atoms with Crippen LogP contribution in [-0.4, -0.2) is 21.3 Å². The minimum atomic E-state index is 0.625. The van der Waals surface area contributed by atoms with Crippen LogP contribution >= 0.6 is 15.9 Å². The Morgan fingerprint density at radius 1 is 1.26 bits per heavy atom. The van der Waals surface area contributed by atoms with E-state index in [0.717, 1.165) is 41.1 Å². The molecule has 0 aliphatic rings. The Hall–Kier alpha value is -1.20. The lowest BCUT2D eigenvalue weighted by Crippen LogP contribution is -2.09. The van der Waals surface area contributed by atoms with Crippen LogP contribution in [0.1, 0.15) is 31.1 Å². The highest BCUT2D eigenvalue weighted by atomic mass is 79.9. The van der Waals surface area contributed by atoms with Gasteiger partial charge in [0.15, 0.2) is 5.82 Å². The van der Waals surface area contributed by atoms with Gasteiger partial charge >= 0.3 is 0 Å². The van der Waals surface area contributed by atoms with Crippen molar-refractivity contribution in [3.8, 4) is 5.69 Å². The van der Waals surface area contributed by atoms with Gasteiger partial charge in [0, 0.05) is 17.3 Å². The van der Waals surface area contributed by atoms with E-state index in [4.69, 9.17) is 5.73 Å². The maximum Gasteiger partial charge on any atom is 0.151 e. The molecule has 1 aromatic carbocycles. The zero-order valence-electron chi connectivity index (χ0n) is 11.4. The molecule has 0 unspecified atom stereocenters. The van der Waals surface area contributed by atoms with E-state index in [1.165, 1.54) is 5.56 Å². The van der Waals surface area contributed by atoms with Crippen molar-refractivity contribution in [2.75, 3.05) is 6.54 Å². The van der Waals surface area contributed by atoms with Crippen molar-refractivity contribution in [2.24, 2.45) is 5.73 Å². The van der Waals surface area contributed by atoms with Gasteiger partial charge in [0.1, 0.15) is 5.82 Å². The summed E-state index contributed by atoms with van der Waals surface area (Å²) in [6, 6.07) is 6.21. The lowest BCUT2D eigenvalue weighted by molar-refractivity contribution is 0.777. The van der Waals surface area contributed by atoms with Crippen LogP contribution in [0.15, 0.2) is 22.7 Å². The van der Waals surface area contributed by atoms with E-state index in [2.05, 4.69) is 52.0 Å². The Labute approximate surface area is 122 Å². The molecule has 0 saturated heterocycles. The van der Waals surface area contributed by atoms with Crippen LogP contribution in [0.3, 0.4) is 0 Å². The third-order valence-corrected chi connectivity index (χ3v) is 3.53. The first-order valence-electron chi connectivity index (χ1n) is 6.63. The molecule has 0 atom stereocenters. The topological polar surface area (TPSA) is 56.7 Å². The normalized spacial score (nSPS) is 10.9. The van der Waals surface area contributed by atoms with Crippen LogP contribution in [-0.2, 0) is 19.3 Å². The molecule has 0 saturated carbocycles. The molecule has 0 radical (unpaired) electrons. The maximum atomic E-state index is 5.70. The van der Waals surface area contributed by atoms with Gasteiger partial charge in [0.2, 0.25) is 0 Å². The first kappa shape index (κ1) is 14.2. The zero-order chi connectivity index (χ0) is 13.8.